The molecule has 4 N–H and O–H groups in total. The molecule has 0 heterocycles. The van der Waals surface area contributed by atoms with Gasteiger partial charge >= 0.3 is 0 Å². The molecule has 12 heavy (non-hydrogen) atoms. The van der Waals surface area contributed by atoms with Crippen molar-refractivity contribution in [1.82, 2.24) is 0 Å². The lowest BCUT2D eigenvalue weighted by molar-refractivity contribution is 0.275. The molecule has 0 spiro atoms. The summed E-state index contributed by atoms with van der Waals surface area (Å²) in [6.45, 7) is 0.405. The predicted octanol–water partition coefficient (Wildman–Crippen LogP) is 0.130. The van der Waals surface area contributed by atoms with E-state index in [4.69, 9.17) is 15.9 Å². The zero-order valence-corrected chi connectivity index (χ0v) is 6.83. The van der Waals surface area contributed by atoms with Gasteiger partial charge in [-0.2, -0.15) is 0 Å². The fourth-order valence-corrected chi connectivity index (χ4v) is 1.14. The van der Waals surface area contributed by atoms with Crippen LogP contribution in [-0.4, -0.2) is 10.2 Å². The van der Waals surface area contributed by atoms with Gasteiger partial charge in [0.25, 0.3) is 0 Å². The summed E-state index contributed by atoms with van der Waals surface area (Å²) in [4.78, 5) is 0. The minimum absolute atomic E-state index is 0.0131. The average molecular weight is 167 g/mol. The Balaban J connectivity index is 3.01. The molecule has 0 unspecified atom stereocenters. The average Bonchev–Trinajstić information content (AvgIpc) is 2.16. The van der Waals surface area contributed by atoms with Crippen LogP contribution >= 0.6 is 0 Å². The van der Waals surface area contributed by atoms with Crippen LogP contribution in [0.15, 0.2) is 18.2 Å². The number of rotatable bonds is 3. The van der Waals surface area contributed by atoms with Crippen LogP contribution in [0, 0.1) is 0 Å². The molecule has 0 amide bonds. The van der Waals surface area contributed by atoms with Crippen LogP contribution in [-0.2, 0) is 19.8 Å². The first kappa shape index (κ1) is 9.19. The molecule has 0 aliphatic rings. The molecular formula is C9H13NO2. The Morgan fingerprint density at radius 2 is 1.33 bits per heavy atom. The molecule has 0 aliphatic heterocycles. The van der Waals surface area contributed by atoms with Gasteiger partial charge in [-0.15, -0.1) is 0 Å². The number of hydrogen-bond donors (Lipinski definition) is 3. The van der Waals surface area contributed by atoms with E-state index in [1.807, 2.05) is 12.1 Å². The van der Waals surface area contributed by atoms with Crippen LogP contribution in [0.2, 0.25) is 0 Å². The van der Waals surface area contributed by atoms with Gasteiger partial charge in [-0.05, 0) is 16.7 Å². The normalized spacial score (nSPS) is 10.2. The second-order valence-corrected chi connectivity index (χ2v) is 2.68. The van der Waals surface area contributed by atoms with E-state index in [0.717, 1.165) is 16.7 Å². The highest BCUT2D eigenvalue weighted by Crippen LogP contribution is 2.10. The van der Waals surface area contributed by atoms with Crippen molar-refractivity contribution in [1.29, 1.82) is 0 Å². The van der Waals surface area contributed by atoms with Crippen LogP contribution in [0.1, 0.15) is 16.7 Å². The first-order valence-electron chi connectivity index (χ1n) is 3.83. The Hall–Kier alpha value is -0.900. The maximum absolute atomic E-state index is 8.86. The molecule has 1 aromatic rings. The summed E-state index contributed by atoms with van der Waals surface area (Å²) in [7, 11) is 0. The van der Waals surface area contributed by atoms with E-state index in [0.29, 0.717) is 6.54 Å². The largest absolute Gasteiger partial charge is 0.392 e. The van der Waals surface area contributed by atoms with Crippen molar-refractivity contribution in [2.24, 2.45) is 5.73 Å². The van der Waals surface area contributed by atoms with E-state index in [1.54, 1.807) is 6.07 Å². The molecule has 0 aromatic heterocycles. The third kappa shape index (κ3) is 2.04. The molecule has 66 valence electrons. The topological polar surface area (TPSA) is 66.5 Å². The summed E-state index contributed by atoms with van der Waals surface area (Å²) in [5.41, 5.74) is 7.96. The Kier molecular flexibility index (Phi) is 3.22. The highest BCUT2D eigenvalue weighted by atomic mass is 16.3. The second kappa shape index (κ2) is 4.21. The van der Waals surface area contributed by atoms with Gasteiger partial charge in [-0.3, -0.25) is 0 Å². The zero-order valence-electron chi connectivity index (χ0n) is 6.83. The first-order valence-corrected chi connectivity index (χ1v) is 3.83. The monoisotopic (exact) mass is 167 g/mol. The Bertz CT molecular complexity index is 205. The minimum Gasteiger partial charge on any atom is -0.392 e. The van der Waals surface area contributed by atoms with E-state index in [9.17, 15) is 0 Å². The maximum atomic E-state index is 8.86. The molecule has 0 saturated heterocycles. The van der Waals surface area contributed by atoms with Gasteiger partial charge < -0.3 is 15.9 Å². The summed E-state index contributed by atoms with van der Waals surface area (Å²) >= 11 is 0. The summed E-state index contributed by atoms with van der Waals surface area (Å²) in [5.74, 6) is 0. The van der Waals surface area contributed by atoms with Crippen molar-refractivity contribution in [2.45, 2.75) is 19.8 Å². The zero-order chi connectivity index (χ0) is 8.97. The summed E-state index contributed by atoms with van der Waals surface area (Å²) in [6.07, 6.45) is 0. The standard InChI is InChI=1S/C9H13NO2/c10-4-7-1-8(5-11)3-9(2-7)6-12/h1-3,11-12H,4-6,10H2. The van der Waals surface area contributed by atoms with Gasteiger partial charge in [0.2, 0.25) is 0 Å². The molecule has 1 aromatic carbocycles. The van der Waals surface area contributed by atoms with Crippen molar-refractivity contribution >= 4 is 0 Å². The van der Waals surface area contributed by atoms with E-state index < -0.39 is 0 Å². The summed E-state index contributed by atoms with van der Waals surface area (Å²) < 4.78 is 0. The van der Waals surface area contributed by atoms with Crippen LogP contribution in [0.5, 0.6) is 0 Å². The van der Waals surface area contributed by atoms with Gasteiger partial charge in [0.15, 0.2) is 0 Å². The highest BCUT2D eigenvalue weighted by Gasteiger charge is 1.97. The van der Waals surface area contributed by atoms with Crippen molar-refractivity contribution in [3.05, 3.63) is 34.9 Å². The van der Waals surface area contributed by atoms with Crippen LogP contribution < -0.4 is 5.73 Å². The van der Waals surface area contributed by atoms with E-state index in [1.165, 1.54) is 0 Å². The SMILES string of the molecule is NCc1cc(CO)cc(CO)c1. The molecule has 0 aliphatic carbocycles. The van der Waals surface area contributed by atoms with Crippen molar-refractivity contribution in [3.8, 4) is 0 Å². The molecule has 0 atom stereocenters. The molecule has 0 bridgehead atoms. The third-order valence-corrected chi connectivity index (χ3v) is 1.71. The smallest absolute Gasteiger partial charge is 0.0682 e. The van der Waals surface area contributed by atoms with Crippen molar-refractivity contribution < 1.29 is 10.2 Å². The lowest BCUT2D eigenvalue weighted by Gasteiger charge is -2.04. The molecule has 0 fully saturated rings. The predicted molar refractivity (Wildman–Crippen MR) is 46.2 cm³/mol. The molecular weight excluding hydrogens is 154 g/mol. The summed E-state index contributed by atoms with van der Waals surface area (Å²) in [6, 6.07) is 5.43. The number of hydrogen-bond acceptors (Lipinski definition) is 3. The summed E-state index contributed by atoms with van der Waals surface area (Å²) in [5, 5.41) is 17.7. The first-order chi connectivity index (χ1) is 5.80. The number of nitrogens with two attached hydrogens (primary N) is 1. The maximum Gasteiger partial charge on any atom is 0.0682 e. The van der Waals surface area contributed by atoms with Crippen LogP contribution in [0.25, 0.3) is 0 Å². The van der Waals surface area contributed by atoms with E-state index in [-0.39, 0.29) is 13.2 Å². The van der Waals surface area contributed by atoms with Gasteiger partial charge in [-0.25, -0.2) is 0 Å². The highest BCUT2D eigenvalue weighted by molar-refractivity contribution is 5.29. The second-order valence-electron chi connectivity index (χ2n) is 2.68. The Labute approximate surface area is 71.5 Å². The minimum atomic E-state index is -0.0131. The van der Waals surface area contributed by atoms with E-state index >= 15 is 0 Å². The Morgan fingerprint density at radius 1 is 0.917 bits per heavy atom. The number of aliphatic hydroxyl groups is 2. The van der Waals surface area contributed by atoms with Gasteiger partial charge in [0, 0.05) is 6.54 Å². The molecule has 1 rings (SSSR count). The quantitative estimate of drug-likeness (QED) is 0.599. The van der Waals surface area contributed by atoms with Crippen LogP contribution in [0.3, 0.4) is 0 Å². The fraction of sp³-hybridized carbons (Fsp3) is 0.333. The lowest BCUT2D eigenvalue weighted by Crippen LogP contribution is -1.99. The molecule has 0 saturated carbocycles. The molecule has 3 nitrogen and oxygen atoms in total. The van der Waals surface area contributed by atoms with Crippen molar-refractivity contribution in [3.63, 3.8) is 0 Å². The van der Waals surface area contributed by atoms with Crippen LogP contribution in [0.4, 0.5) is 0 Å². The Morgan fingerprint density at radius 3 is 1.67 bits per heavy atom. The third-order valence-electron chi connectivity index (χ3n) is 1.71. The molecule has 0 radical (unpaired) electrons. The van der Waals surface area contributed by atoms with Gasteiger partial charge in [-0.1, -0.05) is 18.2 Å². The number of benzene rings is 1. The van der Waals surface area contributed by atoms with Crippen molar-refractivity contribution in [2.75, 3.05) is 0 Å². The van der Waals surface area contributed by atoms with Gasteiger partial charge in [0.1, 0.15) is 0 Å². The van der Waals surface area contributed by atoms with E-state index in [2.05, 4.69) is 0 Å². The van der Waals surface area contributed by atoms with Gasteiger partial charge in [0.05, 0.1) is 13.2 Å². The molecule has 3 heteroatoms. The fourth-order valence-electron chi connectivity index (χ4n) is 1.14. The lowest BCUT2D eigenvalue weighted by atomic mass is 10.1. The number of aliphatic hydroxyl groups excluding tert-OH is 2.